The monoisotopic (exact) mass is 288 g/mol. The summed E-state index contributed by atoms with van der Waals surface area (Å²) in [6.45, 7) is 2.08. The summed E-state index contributed by atoms with van der Waals surface area (Å²) in [5.74, 6) is 0.760. The number of H-pyrrole nitrogens is 1. The van der Waals surface area contributed by atoms with Gasteiger partial charge in [0.25, 0.3) is 5.91 Å². The standard InChI is InChI=1S/C12H16N8O/c21-11(14-8-10-16-18-19-17-10)9-4-5-13-12(15-9)20-6-2-1-3-7-20/h4-5H,1-3,6-8H2,(H,14,21)(H,16,17,18,19). The lowest BCUT2D eigenvalue weighted by Gasteiger charge is -2.26. The molecule has 0 aliphatic carbocycles. The van der Waals surface area contributed by atoms with Crippen LogP contribution in [0.4, 0.5) is 5.95 Å². The van der Waals surface area contributed by atoms with Crippen molar-refractivity contribution in [2.24, 2.45) is 0 Å². The first kappa shape index (κ1) is 13.4. The molecule has 1 aliphatic heterocycles. The summed E-state index contributed by atoms with van der Waals surface area (Å²) >= 11 is 0. The number of hydrogen-bond donors (Lipinski definition) is 2. The number of aromatic amines is 1. The Bertz CT molecular complexity index is 593. The molecule has 2 aromatic rings. The van der Waals surface area contributed by atoms with Gasteiger partial charge in [-0.05, 0) is 25.3 Å². The molecule has 110 valence electrons. The van der Waals surface area contributed by atoms with E-state index < -0.39 is 0 Å². The predicted octanol–water partition coefficient (Wildman–Crippen LogP) is -0.0900. The zero-order chi connectivity index (χ0) is 14.5. The SMILES string of the molecule is O=C(NCc1nn[nH]n1)c1ccnc(N2CCCCC2)n1. The molecular weight excluding hydrogens is 272 g/mol. The third-order valence-corrected chi connectivity index (χ3v) is 3.31. The average molecular weight is 288 g/mol. The van der Waals surface area contributed by atoms with Crippen molar-refractivity contribution in [2.75, 3.05) is 18.0 Å². The molecule has 21 heavy (non-hydrogen) atoms. The molecule has 0 atom stereocenters. The molecule has 2 N–H and O–H groups in total. The highest BCUT2D eigenvalue weighted by molar-refractivity contribution is 5.92. The Morgan fingerprint density at radius 1 is 1.33 bits per heavy atom. The van der Waals surface area contributed by atoms with Crippen molar-refractivity contribution >= 4 is 11.9 Å². The minimum absolute atomic E-state index is 0.207. The summed E-state index contributed by atoms with van der Waals surface area (Å²) in [5.41, 5.74) is 0.342. The van der Waals surface area contributed by atoms with Gasteiger partial charge in [0.2, 0.25) is 5.95 Å². The van der Waals surface area contributed by atoms with Crippen LogP contribution >= 0.6 is 0 Å². The molecule has 0 unspecified atom stereocenters. The van der Waals surface area contributed by atoms with Crippen LogP contribution in [0.3, 0.4) is 0 Å². The molecule has 0 radical (unpaired) electrons. The smallest absolute Gasteiger partial charge is 0.270 e. The second-order valence-corrected chi connectivity index (χ2v) is 4.80. The van der Waals surface area contributed by atoms with E-state index in [1.807, 2.05) is 0 Å². The van der Waals surface area contributed by atoms with Crippen LogP contribution in [0.2, 0.25) is 0 Å². The first-order valence-corrected chi connectivity index (χ1v) is 6.91. The van der Waals surface area contributed by atoms with Gasteiger partial charge in [0.05, 0.1) is 6.54 Å². The third-order valence-electron chi connectivity index (χ3n) is 3.31. The highest BCUT2D eigenvalue weighted by Crippen LogP contribution is 2.15. The molecule has 3 rings (SSSR count). The molecule has 1 fully saturated rings. The maximum absolute atomic E-state index is 12.1. The lowest BCUT2D eigenvalue weighted by Crippen LogP contribution is -2.32. The van der Waals surface area contributed by atoms with Crippen LogP contribution in [-0.4, -0.2) is 49.6 Å². The number of amides is 1. The van der Waals surface area contributed by atoms with Crippen LogP contribution in [0.5, 0.6) is 0 Å². The predicted molar refractivity (Wildman–Crippen MR) is 73.4 cm³/mol. The molecule has 0 bridgehead atoms. The highest BCUT2D eigenvalue weighted by atomic mass is 16.1. The summed E-state index contributed by atoms with van der Waals surface area (Å²) in [5, 5.41) is 16.0. The zero-order valence-electron chi connectivity index (χ0n) is 11.5. The summed E-state index contributed by atoms with van der Waals surface area (Å²) in [6, 6.07) is 1.60. The topological polar surface area (TPSA) is 113 Å². The van der Waals surface area contributed by atoms with E-state index in [9.17, 15) is 4.79 Å². The molecule has 2 aromatic heterocycles. The first-order chi connectivity index (χ1) is 10.3. The maximum atomic E-state index is 12.1. The number of carbonyl (C=O) groups excluding carboxylic acids is 1. The van der Waals surface area contributed by atoms with Gasteiger partial charge < -0.3 is 10.2 Å². The Labute approximate surface area is 121 Å². The minimum atomic E-state index is -0.277. The van der Waals surface area contributed by atoms with Gasteiger partial charge in [-0.3, -0.25) is 4.79 Å². The number of nitrogens with zero attached hydrogens (tertiary/aromatic N) is 6. The number of nitrogens with one attached hydrogen (secondary N) is 2. The molecule has 9 nitrogen and oxygen atoms in total. The number of piperidine rings is 1. The van der Waals surface area contributed by atoms with E-state index in [1.54, 1.807) is 12.3 Å². The van der Waals surface area contributed by atoms with Gasteiger partial charge in [-0.1, -0.05) is 5.21 Å². The van der Waals surface area contributed by atoms with Gasteiger partial charge in [0.1, 0.15) is 5.69 Å². The van der Waals surface area contributed by atoms with Gasteiger partial charge in [-0.25, -0.2) is 9.97 Å². The van der Waals surface area contributed by atoms with E-state index >= 15 is 0 Å². The van der Waals surface area contributed by atoms with Crippen LogP contribution in [0, 0.1) is 0 Å². The largest absolute Gasteiger partial charge is 0.343 e. The van der Waals surface area contributed by atoms with E-state index in [0.717, 1.165) is 25.9 Å². The molecule has 3 heterocycles. The van der Waals surface area contributed by atoms with E-state index in [-0.39, 0.29) is 12.5 Å². The van der Waals surface area contributed by atoms with E-state index in [4.69, 9.17) is 0 Å². The van der Waals surface area contributed by atoms with Crippen molar-refractivity contribution in [3.8, 4) is 0 Å². The first-order valence-electron chi connectivity index (χ1n) is 6.91. The fourth-order valence-corrected chi connectivity index (χ4v) is 2.23. The Hall–Kier alpha value is -2.58. The fraction of sp³-hybridized carbons (Fsp3) is 0.500. The Morgan fingerprint density at radius 2 is 2.19 bits per heavy atom. The van der Waals surface area contributed by atoms with Gasteiger partial charge in [-0.15, -0.1) is 10.2 Å². The van der Waals surface area contributed by atoms with Crippen molar-refractivity contribution in [1.82, 2.24) is 35.9 Å². The van der Waals surface area contributed by atoms with E-state index in [1.165, 1.54) is 6.42 Å². The van der Waals surface area contributed by atoms with Crippen molar-refractivity contribution < 1.29 is 4.79 Å². The molecule has 0 spiro atoms. The normalized spacial score (nSPS) is 15.0. The van der Waals surface area contributed by atoms with Gasteiger partial charge >= 0.3 is 0 Å². The van der Waals surface area contributed by atoms with Crippen LogP contribution in [-0.2, 0) is 6.54 Å². The van der Waals surface area contributed by atoms with Gasteiger partial charge in [0, 0.05) is 19.3 Å². The van der Waals surface area contributed by atoms with Crippen molar-refractivity contribution in [3.63, 3.8) is 0 Å². The Balaban J connectivity index is 1.65. The molecule has 1 saturated heterocycles. The number of aromatic nitrogens is 6. The number of tetrazole rings is 1. The summed E-state index contributed by atoms with van der Waals surface area (Å²) in [6.07, 6.45) is 5.12. The Kier molecular flexibility index (Phi) is 3.99. The van der Waals surface area contributed by atoms with Crippen molar-refractivity contribution in [3.05, 3.63) is 23.8 Å². The molecule has 0 aromatic carbocycles. The molecule has 1 aliphatic rings. The van der Waals surface area contributed by atoms with E-state index in [2.05, 4.69) is 40.8 Å². The maximum Gasteiger partial charge on any atom is 0.270 e. The second kappa shape index (κ2) is 6.25. The number of hydrogen-bond acceptors (Lipinski definition) is 7. The number of rotatable bonds is 4. The quantitative estimate of drug-likeness (QED) is 0.808. The molecule has 0 saturated carbocycles. The van der Waals surface area contributed by atoms with Crippen molar-refractivity contribution in [1.29, 1.82) is 0 Å². The lowest BCUT2D eigenvalue weighted by atomic mass is 10.1. The summed E-state index contributed by atoms with van der Waals surface area (Å²) in [4.78, 5) is 22.8. The van der Waals surface area contributed by atoms with Gasteiger partial charge in [0.15, 0.2) is 5.82 Å². The fourth-order valence-electron chi connectivity index (χ4n) is 2.23. The molecule has 1 amide bonds. The van der Waals surface area contributed by atoms with Crippen LogP contribution in [0.15, 0.2) is 12.3 Å². The van der Waals surface area contributed by atoms with Crippen LogP contribution in [0.25, 0.3) is 0 Å². The van der Waals surface area contributed by atoms with Crippen LogP contribution < -0.4 is 10.2 Å². The highest BCUT2D eigenvalue weighted by Gasteiger charge is 2.16. The average Bonchev–Trinajstić information content (AvgIpc) is 3.07. The minimum Gasteiger partial charge on any atom is -0.343 e. The number of anilines is 1. The lowest BCUT2D eigenvalue weighted by molar-refractivity contribution is 0.0945. The van der Waals surface area contributed by atoms with Crippen molar-refractivity contribution in [2.45, 2.75) is 25.8 Å². The zero-order valence-corrected chi connectivity index (χ0v) is 11.5. The molecular formula is C12H16N8O. The van der Waals surface area contributed by atoms with Gasteiger partial charge in [-0.2, -0.15) is 5.21 Å². The number of carbonyl (C=O) groups is 1. The Morgan fingerprint density at radius 3 is 2.95 bits per heavy atom. The third kappa shape index (κ3) is 3.30. The summed E-state index contributed by atoms with van der Waals surface area (Å²) < 4.78 is 0. The van der Waals surface area contributed by atoms with Crippen LogP contribution in [0.1, 0.15) is 35.6 Å². The second-order valence-electron chi connectivity index (χ2n) is 4.80. The van der Waals surface area contributed by atoms with E-state index in [0.29, 0.717) is 17.5 Å². The summed E-state index contributed by atoms with van der Waals surface area (Å²) in [7, 11) is 0. The molecule has 9 heteroatoms.